The molecule has 4 N–H and O–H groups in total. The van der Waals surface area contributed by atoms with Crippen LogP contribution in [0.15, 0.2) is 54.6 Å². The van der Waals surface area contributed by atoms with Crippen LogP contribution in [-0.2, 0) is 20.7 Å². The molecule has 1 unspecified atom stereocenters. The van der Waals surface area contributed by atoms with Crippen molar-refractivity contribution in [1.82, 2.24) is 10.6 Å². The van der Waals surface area contributed by atoms with Crippen LogP contribution < -0.4 is 16.0 Å². The largest absolute Gasteiger partial charge is 0.396 e. The third kappa shape index (κ3) is 6.13. The number of carbonyl (C=O) groups is 3. The Kier molecular flexibility index (Phi) is 7.53. The predicted octanol–water partition coefficient (Wildman–Crippen LogP) is 1.91. The monoisotopic (exact) mass is 411 g/mol. The number of carbonyl (C=O) groups excluding carboxylic acids is 3. The number of hydrogen-bond acceptors (Lipinski definition) is 6. The van der Waals surface area contributed by atoms with Gasteiger partial charge in [-0.1, -0.05) is 42.5 Å². The van der Waals surface area contributed by atoms with Gasteiger partial charge in [0, 0.05) is 18.3 Å². The first-order valence-corrected chi connectivity index (χ1v) is 9.85. The number of anilines is 1. The molecule has 3 rings (SSSR count). The first kappa shape index (κ1) is 21.5. The maximum absolute atomic E-state index is 12.2. The molecule has 0 radical (unpaired) electrons. The number of urea groups is 1. The minimum Gasteiger partial charge on any atom is -0.396 e. The van der Waals surface area contributed by atoms with E-state index in [0.29, 0.717) is 18.5 Å². The van der Waals surface area contributed by atoms with Gasteiger partial charge in [-0.3, -0.25) is 5.32 Å². The fourth-order valence-electron chi connectivity index (χ4n) is 3.36. The van der Waals surface area contributed by atoms with Crippen molar-refractivity contribution in [3.05, 3.63) is 65.7 Å². The lowest BCUT2D eigenvalue weighted by atomic mass is 10.1. The third-order valence-corrected chi connectivity index (χ3v) is 4.83. The minimum atomic E-state index is -0.825. The lowest BCUT2D eigenvalue weighted by Crippen LogP contribution is -2.39. The summed E-state index contributed by atoms with van der Waals surface area (Å²) < 4.78 is 4.86. The molecule has 0 spiro atoms. The van der Waals surface area contributed by atoms with Crippen molar-refractivity contribution in [3.8, 4) is 0 Å². The number of rotatable bonds is 7. The molecule has 30 heavy (non-hydrogen) atoms. The molecular weight excluding hydrogens is 386 g/mol. The number of aliphatic hydroxyl groups is 1. The van der Waals surface area contributed by atoms with Crippen molar-refractivity contribution in [2.45, 2.75) is 31.3 Å². The highest BCUT2D eigenvalue weighted by molar-refractivity contribution is 5.94. The molecule has 158 valence electrons. The fourth-order valence-corrected chi connectivity index (χ4v) is 3.36. The summed E-state index contributed by atoms with van der Waals surface area (Å²) in [7, 11) is 0. The van der Waals surface area contributed by atoms with Gasteiger partial charge in [0.1, 0.15) is 12.6 Å². The average Bonchev–Trinajstić information content (AvgIpc) is 3.24. The maximum Gasteiger partial charge on any atom is 0.333 e. The van der Waals surface area contributed by atoms with Gasteiger partial charge in [0.15, 0.2) is 0 Å². The van der Waals surface area contributed by atoms with Crippen molar-refractivity contribution in [2.75, 3.05) is 18.5 Å². The van der Waals surface area contributed by atoms with Gasteiger partial charge in [-0.05, 0) is 42.5 Å². The van der Waals surface area contributed by atoms with Gasteiger partial charge >= 0.3 is 18.0 Å². The van der Waals surface area contributed by atoms with Gasteiger partial charge < -0.3 is 20.5 Å². The summed E-state index contributed by atoms with van der Waals surface area (Å²) in [5.41, 5.74) is 2.49. The number of esters is 2. The molecule has 0 saturated carbocycles. The summed E-state index contributed by atoms with van der Waals surface area (Å²) in [6.07, 6.45) is 1.82. The van der Waals surface area contributed by atoms with E-state index in [9.17, 15) is 14.4 Å². The molecular formula is C22H25N3O5. The maximum atomic E-state index is 12.2. The molecule has 8 nitrogen and oxygen atoms in total. The highest BCUT2D eigenvalue weighted by Crippen LogP contribution is 2.26. The number of benzene rings is 2. The Balaban J connectivity index is 1.40. The molecule has 2 aromatic rings. The van der Waals surface area contributed by atoms with Gasteiger partial charge in [0.2, 0.25) is 0 Å². The molecule has 1 aliphatic heterocycles. The van der Waals surface area contributed by atoms with Crippen LogP contribution in [0.1, 0.15) is 30.0 Å². The van der Waals surface area contributed by atoms with E-state index in [2.05, 4.69) is 16.0 Å². The summed E-state index contributed by atoms with van der Waals surface area (Å²) in [6, 6.07) is 15.7. The number of nitrogens with one attached hydrogen (secondary N) is 3. The van der Waals surface area contributed by atoms with Gasteiger partial charge in [-0.25, -0.2) is 14.4 Å². The average molecular weight is 411 g/mol. The number of amides is 2. The van der Waals surface area contributed by atoms with E-state index in [1.165, 1.54) is 0 Å². The highest BCUT2D eigenvalue weighted by Gasteiger charge is 2.32. The van der Waals surface area contributed by atoms with E-state index in [1.54, 1.807) is 18.2 Å². The van der Waals surface area contributed by atoms with E-state index in [-0.39, 0.29) is 12.6 Å². The molecule has 1 aliphatic rings. The molecule has 0 aromatic heterocycles. The SMILES string of the molecule is O=C(NCC(=O)OC(=O)[C@@H]1CCC(c2ccccc2)N1)Nc1cccc(CCO)c1. The van der Waals surface area contributed by atoms with Crippen molar-refractivity contribution in [3.63, 3.8) is 0 Å². The van der Waals surface area contributed by atoms with Gasteiger partial charge in [0.05, 0.1) is 0 Å². The summed E-state index contributed by atoms with van der Waals surface area (Å²) in [5, 5.41) is 17.1. The van der Waals surface area contributed by atoms with E-state index >= 15 is 0 Å². The fraction of sp³-hybridized carbons (Fsp3) is 0.318. The Morgan fingerprint density at radius 2 is 1.87 bits per heavy atom. The van der Waals surface area contributed by atoms with Crippen molar-refractivity contribution in [1.29, 1.82) is 0 Å². The Bertz CT molecular complexity index is 887. The van der Waals surface area contributed by atoms with Gasteiger partial charge in [-0.2, -0.15) is 0 Å². The molecule has 1 fully saturated rings. The summed E-state index contributed by atoms with van der Waals surface area (Å²) in [6.45, 7) is -0.416. The predicted molar refractivity (Wildman–Crippen MR) is 111 cm³/mol. The van der Waals surface area contributed by atoms with Crippen molar-refractivity contribution >= 4 is 23.7 Å². The highest BCUT2D eigenvalue weighted by atomic mass is 16.6. The van der Waals surface area contributed by atoms with Crippen LogP contribution >= 0.6 is 0 Å². The standard InChI is InChI=1S/C22H25N3O5/c26-12-11-15-5-4-8-17(13-15)24-22(29)23-14-20(27)30-21(28)19-10-9-18(25-19)16-6-2-1-3-7-16/h1-8,13,18-19,25-26H,9-12,14H2,(H2,23,24,29)/t18?,19-/m0/s1. The number of hydrogen-bond donors (Lipinski definition) is 4. The lowest BCUT2D eigenvalue weighted by molar-refractivity contribution is -0.160. The topological polar surface area (TPSA) is 117 Å². The summed E-state index contributed by atoms with van der Waals surface area (Å²) in [5.74, 6) is -1.47. The first-order valence-electron chi connectivity index (χ1n) is 9.85. The van der Waals surface area contributed by atoms with Gasteiger partial charge in [-0.15, -0.1) is 0 Å². The molecule has 2 atom stereocenters. The normalized spacial score (nSPS) is 17.9. The Morgan fingerprint density at radius 1 is 1.07 bits per heavy atom. The van der Waals surface area contributed by atoms with Crippen LogP contribution in [0.5, 0.6) is 0 Å². The second-order valence-electron chi connectivity index (χ2n) is 7.03. The Hall–Kier alpha value is -3.23. The Morgan fingerprint density at radius 3 is 2.63 bits per heavy atom. The van der Waals surface area contributed by atoms with Crippen LogP contribution in [0.25, 0.3) is 0 Å². The van der Waals surface area contributed by atoms with Crippen LogP contribution in [0.2, 0.25) is 0 Å². The molecule has 2 aromatic carbocycles. The van der Waals surface area contributed by atoms with Crippen LogP contribution in [0, 0.1) is 0 Å². The lowest BCUT2D eigenvalue weighted by Gasteiger charge is -2.14. The molecule has 0 bridgehead atoms. The zero-order valence-electron chi connectivity index (χ0n) is 16.5. The molecule has 0 aliphatic carbocycles. The van der Waals surface area contributed by atoms with Crippen LogP contribution in [0.4, 0.5) is 10.5 Å². The zero-order valence-corrected chi connectivity index (χ0v) is 16.5. The second-order valence-corrected chi connectivity index (χ2v) is 7.03. The smallest absolute Gasteiger partial charge is 0.333 e. The Labute approximate surface area is 174 Å². The summed E-state index contributed by atoms with van der Waals surface area (Å²) >= 11 is 0. The number of aliphatic hydroxyl groups excluding tert-OH is 1. The number of ether oxygens (including phenoxy) is 1. The summed E-state index contributed by atoms with van der Waals surface area (Å²) in [4.78, 5) is 36.1. The van der Waals surface area contributed by atoms with E-state index in [0.717, 1.165) is 17.5 Å². The molecule has 1 saturated heterocycles. The second kappa shape index (κ2) is 10.5. The minimum absolute atomic E-state index is 0.0114. The molecule has 1 heterocycles. The van der Waals surface area contributed by atoms with E-state index in [4.69, 9.17) is 9.84 Å². The van der Waals surface area contributed by atoms with Crippen molar-refractivity contribution in [2.24, 2.45) is 0 Å². The first-order chi connectivity index (χ1) is 14.5. The van der Waals surface area contributed by atoms with E-state index < -0.39 is 30.6 Å². The van der Waals surface area contributed by atoms with Gasteiger partial charge in [0.25, 0.3) is 0 Å². The quantitative estimate of drug-likeness (QED) is 0.408. The third-order valence-electron chi connectivity index (χ3n) is 4.83. The van der Waals surface area contributed by atoms with Crippen LogP contribution in [0.3, 0.4) is 0 Å². The van der Waals surface area contributed by atoms with Crippen LogP contribution in [-0.4, -0.2) is 42.3 Å². The molecule has 8 heteroatoms. The molecule has 2 amide bonds. The zero-order chi connectivity index (χ0) is 21.3. The van der Waals surface area contributed by atoms with Crippen molar-refractivity contribution < 1.29 is 24.2 Å². The van der Waals surface area contributed by atoms with E-state index in [1.807, 2.05) is 36.4 Å².